The lowest BCUT2D eigenvalue weighted by molar-refractivity contribution is 1.14. The monoisotopic (exact) mass is 240 g/mol. The summed E-state index contributed by atoms with van der Waals surface area (Å²) >= 11 is 0. The third-order valence-electron chi connectivity index (χ3n) is 3.17. The smallest absolute Gasteiger partial charge is 0.00721 e. The van der Waals surface area contributed by atoms with Crippen molar-refractivity contribution in [3.8, 4) is 0 Å². The van der Waals surface area contributed by atoms with Crippen molar-refractivity contribution >= 4 is 11.1 Å². The summed E-state index contributed by atoms with van der Waals surface area (Å²) in [6.45, 7) is 18.6. The highest BCUT2D eigenvalue weighted by atomic mass is 14.1. The quantitative estimate of drug-likeness (QED) is 0.563. The molecule has 96 valence electrons. The van der Waals surface area contributed by atoms with Gasteiger partial charge in [-0.3, -0.25) is 0 Å². The average molecular weight is 240 g/mol. The molecule has 1 aromatic carbocycles. The first-order valence-corrected chi connectivity index (χ1v) is 6.62. The maximum atomic E-state index is 4.14. The molecule has 0 amide bonds. The van der Waals surface area contributed by atoms with E-state index in [-0.39, 0.29) is 0 Å². The SMILES string of the molecule is C=C(C)Cc1cc(C(=C)CC)cc(C(=C)CC)c1. The Kier molecular flexibility index (Phi) is 5.15. The molecule has 0 bridgehead atoms. The second kappa shape index (κ2) is 6.39. The predicted molar refractivity (Wildman–Crippen MR) is 83.6 cm³/mol. The van der Waals surface area contributed by atoms with E-state index in [1.54, 1.807) is 0 Å². The lowest BCUT2D eigenvalue weighted by atomic mass is 9.93. The normalized spacial score (nSPS) is 10.2. The van der Waals surface area contributed by atoms with Crippen LogP contribution in [0, 0.1) is 0 Å². The van der Waals surface area contributed by atoms with E-state index in [2.05, 4.69) is 58.7 Å². The molecular weight excluding hydrogens is 216 g/mol. The van der Waals surface area contributed by atoms with Gasteiger partial charge in [0.05, 0.1) is 0 Å². The van der Waals surface area contributed by atoms with Crippen molar-refractivity contribution in [2.45, 2.75) is 40.0 Å². The van der Waals surface area contributed by atoms with Crippen molar-refractivity contribution in [3.05, 3.63) is 60.2 Å². The van der Waals surface area contributed by atoms with E-state index in [0.717, 1.165) is 19.3 Å². The molecule has 0 heteroatoms. The summed E-state index contributed by atoms with van der Waals surface area (Å²) < 4.78 is 0. The summed E-state index contributed by atoms with van der Waals surface area (Å²) in [7, 11) is 0. The first-order valence-electron chi connectivity index (χ1n) is 6.62. The summed E-state index contributed by atoms with van der Waals surface area (Å²) in [4.78, 5) is 0. The minimum atomic E-state index is 0.925. The number of allylic oxidation sites excluding steroid dienone is 3. The van der Waals surface area contributed by atoms with Gasteiger partial charge in [0.1, 0.15) is 0 Å². The van der Waals surface area contributed by atoms with Crippen molar-refractivity contribution in [3.63, 3.8) is 0 Å². The molecule has 0 N–H and O–H groups in total. The summed E-state index contributed by atoms with van der Waals surface area (Å²) in [5.74, 6) is 0. The Hall–Kier alpha value is -1.56. The van der Waals surface area contributed by atoms with Crippen molar-refractivity contribution in [2.24, 2.45) is 0 Å². The van der Waals surface area contributed by atoms with Gasteiger partial charge in [-0.15, -0.1) is 0 Å². The molecular formula is C18H24. The van der Waals surface area contributed by atoms with Crippen LogP contribution in [0.4, 0.5) is 0 Å². The predicted octanol–water partition coefficient (Wildman–Crippen LogP) is 5.65. The molecule has 1 aromatic rings. The highest BCUT2D eigenvalue weighted by Gasteiger charge is 2.05. The van der Waals surface area contributed by atoms with Gasteiger partial charge in [-0.05, 0) is 60.1 Å². The van der Waals surface area contributed by atoms with Gasteiger partial charge in [0, 0.05) is 0 Å². The average Bonchev–Trinajstić information content (AvgIpc) is 2.35. The summed E-state index contributed by atoms with van der Waals surface area (Å²) in [6.07, 6.45) is 2.89. The molecule has 0 fully saturated rings. The van der Waals surface area contributed by atoms with E-state index in [1.165, 1.54) is 33.4 Å². The molecule has 0 atom stereocenters. The van der Waals surface area contributed by atoms with E-state index >= 15 is 0 Å². The Bertz CT molecular complexity index is 441. The molecule has 1 rings (SSSR count). The second-order valence-corrected chi connectivity index (χ2v) is 4.97. The van der Waals surface area contributed by atoms with Crippen molar-refractivity contribution < 1.29 is 0 Å². The Morgan fingerprint density at radius 3 is 1.67 bits per heavy atom. The third-order valence-corrected chi connectivity index (χ3v) is 3.17. The van der Waals surface area contributed by atoms with Crippen molar-refractivity contribution in [2.75, 3.05) is 0 Å². The fourth-order valence-corrected chi connectivity index (χ4v) is 1.96. The van der Waals surface area contributed by atoms with Crippen LogP contribution in [0.1, 0.15) is 50.3 Å². The van der Waals surface area contributed by atoms with Crippen LogP contribution in [0.25, 0.3) is 11.1 Å². The van der Waals surface area contributed by atoms with Gasteiger partial charge in [0.2, 0.25) is 0 Å². The first-order chi connectivity index (χ1) is 8.47. The van der Waals surface area contributed by atoms with E-state index in [1.807, 2.05) is 0 Å². The maximum Gasteiger partial charge on any atom is -0.00721 e. The molecule has 0 aliphatic rings. The largest absolute Gasteiger partial charge is 0.0998 e. The van der Waals surface area contributed by atoms with Gasteiger partial charge >= 0.3 is 0 Å². The Morgan fingerprint density at radius 1 is 0.889 bits per heavy atom. The summed E-state index contributed by atoms with van der Waals surface area (Å²) in [5, 5.41) is 0. The summed E-state index contributed by atoms with van der Waals surface area (Å²) in [6, 6.07) is 6.67. The van der Waals surface area contributed by atoms with Gasteiger partial charge < -0.3 is 0 Å². The topological polar surface area (TPSA) is 0 Å². The van der Waals surface area contributed by atoms with Gasteiger partial charge in [-0.2, -0.15) is 0 Å². The molecule has 0 aliphatic carbocycles. The van der Waals surface area contributed by atoms with Crippen LogP contribution in [0.3, 0.4) is 0 Å². The minimum Gasteiger partial charge on any atom is -0.0998 e. The van der Waals surface area contributed by atoms with E-state index in [9.17, 15) is 0 Å². The molecule has 0 nitrogen and oxygen atoms in total. The fraction of sp³-hybridized carbons (Fsp3) is 0.333. The molecule has 0 spiro atoms. The molecule has 0 saturated carbocycles. The molecule has 0 aliphatic heterocycles. The van der Waals surface area contributed by atoms with Crippen molar-refractivity contribution in [1.29, 1.82) is 0 Å². The van der Waals surface area contributed by atoms with Gasteiger partial charge in [0.15, 0.2) is 0 Å². The highest BCUT2D eigenvalue weighted by molar-refractivity contribution is 5.71. The van der Waals surface area contributed by atoms with E-state index in [0.29, 0.717) is 0 Å². The Labute approximate surface area is 112 Å². The van der Waals surface area contributed by atoms with Crippen LogP contribution in [0.15, 0.2) is 43.5 Å². The fourth-order valence-electron chi connectivity index (χ4n) is 1.96. The molecule has 0 unspecified atom stereocenters. The zero-order valence-electron chi connectivity index (χ0n) is 12.0. The first kappa shape index (κ1) is 14.5. The summed E-state index contributed by atoms with van der Waals surface area (Å²) in [5.41, 5.74) is 7.33. The standard InChI is InChI=1S/C18H24/c1-7-14(5)17-10-16(9-13(3)4)11-18(12-17)15(6)8-2/h10-12H,3,5-9H2,1-2,4H3. The number of benzene rings is 1. The number of rotatable bonds is 6. The Morgan fingerprint density at radius 2 is 1.33 bits per heavy atom. The molecule has 0 aromatic heterocycles. The molecule has 0 heterocycles. The number of hydrogen-bond donors (Lipinski definition) is 0. The van der Waals surface area contributed by atoms with Gasteiger partial charge in [-0.25, -0.2) is 0 Å². The van der Waals surface area contributed by atoms with Gasteiger partial charge in [-0.1, -0.05) is 51.3 Å². The van der Waals surface area contributed by atoms with E-state index in [4.69, 9.17) is 0 Å². The van der Waals surface area contributed by atoms with Crippen LogP contribution in [0.2, 0.25) is 0 Å². The highest BCUT2D eigenvalue weighted by Crippen LogP contribution is 2.25. The van der Waals surface area contributed by atoms with Crippen molar-refractivity contribution in [1.82, 2.24) is 0 Å². The minimum absolute atomic E-state index is 0.925. The van der Waals surface area contributed by atoms with Crippen LogP contribution in [-0.2, 0) is 6.42 Å². The number of hydrogen-bond acceptors (Lipinski definition) is 0. The molecule has 0 saturated heterocycles. The lowest BCUT2D eigenvalue weighted by Gasteiger charge is -2.12. The zero-order chi connectivity index (χ0) is 13.7. The van der Waals surface area contributed by atoms with Crippen LogP contribution >= 0.6 is 0 Å². The molecule has 18 heavy (non-hydrogen) atoms. The zero-order valence-corrected chi connectivity index (χ0v) is 12.0. The van der Waals surface area contributed by atoms with Crippen LogP contribution < -0.4 is 0 Å². The molecule has 0 radical (unpaired) electrons. The lowest BCUT2D eigenvalue weighted by Crippen LogP contribution is -1.93. The third kappa shape index (κ3) is 3.73. The second-order valence-electron chi connectivity index (χ2n) is 4.97. The van der Waals surface area contributed by atoms with Crippen LogP contribution in [0.5, 0.6) is 0 Å². The van der Waals surface area contributed by atoms with E-state index < -0.39 is 0 Å². The van der Waals surface area contributed by atoms with Crippen LogP contribution in [-0.4, -0.2) is 0 Å². The Balaban J connectivity index is 3.23. The maximum absolute atomic E-state index is 4.14. The van der Waals surface area contributed by atoms with Gasteiger partial charge in [0.25, 0.3) is 0 Å².